The third-order valence-electron chi connectivity index (χ3n) is 2.96. The molecule has 1 N–H and O–H groups in total. The first-order chi connectivity index (χ1) is 8.27. The van der Waals surface area contributed by atoms with E-state index in [9.17, 15) is 0 Å². The summed E-state index contributed by atoms with van der Waals surface area (Å²) in [6, 6.07) is 8.54. The fourth-order valence-corrected chi connectivity index (χ4v) is 2.02. The van der Waals surface area contributed by atoms with Crippen LogP contribution < -0.4 is 10.2 Å². The summed E-state index contributed by atoms with van der Waals surface area (Å²) >= 11 is 0. The fraction of sp³-hybridized carbons (Fsp3) is 0.571. The summed E-state index contributed by atoms with van der Waals surface area (Å²) in [5.74, 6) is 0.660. The molecule has 17 heavy (non-hydrogen) atoms. The van der Waals surface area contributed by atoms with Crippen molar-refractivity contribution >= 4 is 11.4 Å². The van der Waals surface area contributed by atoms with Crippen LogP contribution in [0.15, 0.2) is 24.3 Å². The second-order valence-corrected chi connectivity index (χ2v) is 4.89. The molecule has 0 aromatic heterocycles. The predicted octanol–water partition coefficient (Wildman–Crippen LogP) is 2.59. The van der Waals surface area contributed by atoms with Crippen molar-refractivity contribution in [3.8, 4) is 0 Å². The van der Waals surface area contributed by atoms with E-state index >= 15 is 0 Å². The first kappa shape index (κ1) is 12.2. The van der Waals surface area contributed by atoms with Gasteiger partial charge in [0.05, 0.1) is 24.6 Å². The number of nitrogens with one attached hydrogen (secondary N) is 1. The molecule has 0 radical (unpaired) electrons. The van der Waals surface area contributed by atoms with Crippen molar-refractivity contribution in [3.05, 3.63) is 24.3 Å². The fourth-order valence-electron chi connectivity index (χ4n) is 2.02. The van der Waals surface area contributed by atoms with Gasteiger partial charge < -0.3 is 15.0 Å². The Morgan fingerprint density at radius 3 is 2.65 bits per heavy atom. The molecule has 1 aliphatic heterocycles. The van der Waals surface area contributed by atoms with Gasteiger partial charge in [-0.15, -0.1) is 0 Å². The summed E-state index contributed by atoms with van der Waals surface area (Å²) < 4.78 is 5.40. The van der Waals surface area contributed by atoms with Gasteiger partial charge in [0, 0.05) is 19.6 Å². The summed E-state index contributed by atoms with van der Waals surface area (Å²) in [6.07, 6.45) is 0. The van der Waals surface area contributed by atoms with Gasteiger partial charge in [-0.05, 0) is 18.1 Å². The van der Waals surface area contributed by atoms with Gasteiger partial charge in [0.2, 0.25) is 0 Å². The van der Waals surface area contributed by atoms with E-state index in [-0.39, 0.29) is 0 Å². The third kappa shape index (κ3) is 3.37. The highest BCUT2D eigenvalue weighted by Crippen LogP contribution is 2.26. The molecule has 3 nitrogen and oxygen atoms in total. The van der Waals surface area contributed by atoms with Gasteiger partial charge in [-0.2, -0.15) is 0 Å². The van der Waals surface area contributed by atoms with Crippen LogP contribution in [0.5, 0.6) is 0 Å². The van der Waals surface area contributed by atoms with Crippen molar-refractivity contribution in [1.29, 1.82) is 0 Å². The Hall–Kier alpha value is -1.22. The number of nitrogens with zero attached hydrogens (tertiary/aromatic N) is 1. The molecular weight excluding hydrogens is 212 g/mol. The lowest BCUT2D eigenvalue weighted by Crippen LogP contribution is -2.36. The molecular formula is C14H22N2O. The minimum Gasteiger partial charge on any atom is -0.383 e. The van der Waals surface area contributed by atoms with Gasteiger partial charge in [0.25, 0.3) is 0 Å². The van der Waals surface area contributed by atoms with Crippen molar-refractivity contribution in [3.63, 3.8) is 0 Å². The lowest BCUT2D eigenvalue weighted by molar-refractivity contribution is 0.123. The molecule has 0 amide bonds. The summed E-state index contributed by atoms with van der Waals surface area (Å²) in [5, 5.41) is 3.53. The average Bonchev–Trinajstić information content (AvgIpc) is 2.38. The third-order valence-corrected chi connectivity index (χ3v) is 2.96. The smallest absolute Gasteiger partial charge is 0.0642 e. The van der Waals surface area contributed by atoms with E-state index in [0.29, 0.717) is 5.92 Å². The molecule has 94 valence electrons. The first-order valence-corrected chi connectivity index (χ1v) is 6.43. The molecule has 0 saturated carbocycles. The highest BCUT2D eigenvalue weighted by Gasteiger charge is 2.14. The standard InChI is InChI=1S/C14H22N2O/c1-12(2)11-15-13-5-3-4-6-14(13)16-7-9-17-10-8-16/h3-6,12,15H,7-11H2,1-2H3. The van der Waals surface area contributed by atoms with Gasteiger partial charge in [0.15, 0.2) is 0 Å². The Bertz CT molecular complexity index is 346. The number of hydrogen-bond acceptors (Lipinski definition) is 3. The molecule has 1 aromatic rings. The summed E-state index contributed by atoms with van der Waals surface area (Å²) in [4.78, 5) is 2.40. The van der Waals surface area contributed by atoms with Crippen molar-refractivity contribution < 1.29 is 4.74 Å². The second-order valence-electron chi connectivity index (χ2n) is 4.89. The Morgan fingerprint density at radius 1 is 1.24 bits per heavy atom. The minimum absolute atomic E-state index is 0.660. The Balaban J connectivity index is 2.09. The Morgan fingerprint density at radius 2 is 1.94 bits per heavy atom. The molecule has 0 unspecified atom stereocenters. The van der Waals surface area contributed by atoms with E-state index in [4.69, 9.17) is 4.74 Å². The van der Waals surface area contributed by atoms with Crippen molar-refractivity contribution in [1.82, 2.24) is 0 Å². The van der Waals surface area contributed by atoms with Crippen LogP contribution in [0.3, 0.4) is 0 Å². The molecule has 1 fully saturated rings. The van der Waals surface area contributed by atoms with Gasteiger partial charge >= 0.3 is 0 Å². The maximum absolute atomic E-state index is 5.40. The van der Waals surface area contributed by atoms with Crippen LogP contribution in [-0.4, -0.2) is 32.8 Å². The Labute approximate surface area is 104 Å². The summed E-state index contributed by atoms with van der Waals surface area (Å²) in [5.41, 5.74) is 2.54. The van der Waals surface area contributed by atoms with Gasteiger partial charge in [-0.1, -0.05) is 26.0 Å². The van der Waals surface area contributed by atoms with Crippen LogP contribution in [0, 0.1) is 5.92 Å². The molecule has 2 rings (SSSR count). The second kappa shape index (κ2) is 5.92. The maximum Gasteiger partial charge on any atom is 0.0642 e. The normalized spacial score (nSPS) is 16.3. The van der Waals surface area contributed by atoms with Crippen molar-refractivity contribution in [2.75, 3.05) is 43.1 Å². The van der Waals surface area contributed by atoms with Crippen molar-refractivity contribution in [2.45, 2.75) is 13.8 Å². The van der Waals surface area contributed by atoms with E-state index in [1.165, 1.54) is 11.4 Å². The molecule has 1 heterocycles. The summed E-state index contributed by atoms with van der Waals surface area (Å²) in [7, 11) is 0. The quantitative estimate of drug-likeness (QED) is 0.866. The lowest BCUT2D eigenvalue weighted by Gasteiger charge is -2.30. The molecule has 1 aromatic carbocycles. The number of rotatable bonds is 4. The maximum atomic E-state index is 5.40. The number of anilines is 2. The topological polar surface area (TPSA) is 24.5 Å². The van der Waals surface area contributed by atoms with Gasteiger partial charge in [0.1, 0.15) is 0 Å². The molecule has 0 aliphatic carbocycles. The van der Waals surface area contributed by atoms with Crippen LogP contribution >= 0.6 is 0 Å². The molecule has 1 saturated heterocycles. The summed E-state index contributed by atoms with van der Waals surface area (Å²) in [6.45, 7) is 9.10. The van der Waals surface area contributed by atoms with Crippen LogP contribution in [0.4, 0.5) is 11.4 Å². The first-order valence-electron chi connectivity index (χ1n) is 6.43. The van der Waals surface area contributed by atoms with Crippen LogP contribution in [0.2, 0.25) is 0 Å². The number of para-hydroxylation sites is 2. The highest BCUT2D eigenvalue weighted by atomic mass is 16.5. The van der Waals surface area contributed by atoms with Crippen LogP contribution in [-0.2, 0) is 4.74 Å². The van der Waals surface area contributed by atoms with Crippen LogP contribution in [0.25, 0.3) is 0 Å². The van der Waals surface area contributed by atoms with Gasteiger partial charge in [-0.25, -0.2) is 0 Å². The average molecular weight is 234 g/mol. The zero-order valence-corrected chi connectivity index (χ0v) is 10.8. The monoisotopic (exact) mass is 234 g/mol. The van der Waals surface area contributed by atoms with E-state index in [1.54, 1.807) is 0 Å². The van der Waals surface area contributed by atoms with Gasteiger partial charge in [-0.3, -0.25) is 0 Å². The molecule has 0 bridgehead atoms. The number of ether oxygens (including phenoxy) is 1. The molecule has 0 spiro atoms. The number of benzene rings is 1. The zero-order valence-electron chi connectivity index (χ0n) is 10.8. The predicted molar refractivity (Wildman–Crippen MR) is 72.8 cm³/mol. The minimum atomic E-state index is 0.660. The molecule has 1 aliphatic rings. The molecule has 0 atom stereocenters. The number of morpholine rings is 1. The Kier molecular flexibility index (Phi) is 4.26. The van der Waals surface area contributed by atoms with Crippen molar-refractivity contribution in [2.24, 2.45) is 5.92 Å². The highest BCUT2D eigenvalue weighted by molar-refractivity contribution is 5.70. The van der Waals surface area contributed by atoms with Crippen LogP contribution in [0.1, 0.15) is 13.8 Å². The van der Waals surface area contributed by atoms with E-state index in [1.807, 2.05) is 0 Å². The lowest BCUT2D eigenvalue weighted by atomic mass is 10.2. The zero-order chi connectivity index (χ0) is 12.1. The van der Waals surface area contributed by atoms with E-state index in [2.05, 4.69) is 48.3 Å². The SMILES string of the molecule is CC(C)CNc1ccccc1N1CCOCC1. The van der Waals surface area contributed by atoms with E-state index in [0.717, 1.165) is 32.8 Å². The largest absolute Gasteiger partial charge is 0.383 e. The number of hydrogen-bond donors (Lipinski definition) is 1. The molecule has 3 heteroatoms. The van der Waals surface area contributed by atoms with E-state index < -0.39 is 0 Å².